The second-order valence-electron chi connectivity index (χ2n) is 8.29. The molecule has 10 nitrogen and oxygen atoms in total. The average Bonchev–Trinajstić information content (AvgIpc) is 3.25. The number of nitrogens with two attached hydrogens (primary N) is 1. The number of aliphatic carboxylic acids is 3. The smallest absolute Gasteiger partial charge is 0.326 e. The molecule has 2 aromatic carbocycles. The van der Waals surface area contributed by atoms with Crippen molar-refractivity contribution in [3.63, 3.8) is 0 Å². The Bertz CT molecular complexity index is 1170. The summed E-state index contributed by atoms with van der Waals surface area (Å²) >= 11 is 17.0. The zero-order valence-electron chi connectivity index (χ0n) is 20.0. The lowest BCUT2D eigenvalue weighted by Gasteiger charge is -2.20. The lowest BCUT2D eigenvalue weighted by Crippen LogP contribution is -2.40. The fourth-order valence-corrected chi connectivity index (χ4v) is 4.22. The molecule has 0 radical (unpaired) electrons. The molecule has 1 saturated heterocycles. The highest BCUT2D eigenvalue weighted by Crippen LogP contribution is 2.26. The molecule has 38 heavy (non-hydrogen) atoms. The van der Waals surface area contributed by atoms with Gasteiger partial charge in [-0.15, -0.1) is 0 Å². The molecule has 0 saturated carbocycles. The fraction of sp³-hybridized carbons (Fsp3) is 0.320. The molecule has 0 unspecified atom stereocenters. The van der Waals surface area contributed by atoms with Crippen molar-refractivity contribution in [3.05, 3.63) is 63.6 Å². The second kappa shape index (κ2) is 14.6. The largest absolute Gasteiger partial charge is 0.489 e. The second-order valence-corrected chi connectivity index (χ2v) is 9.69. The summed E-state index contributed by atoms with van der Waals surface area (Å²) in [6, 6.07) is 10.5. The molecule has 2 atom stereocenters. The molecule has 2 aromatic rings. The van der Waals surface area contributed by atoms with Crippen LogP contribution in [-0.4, -0.2) is 67.5 Å². The summed E-state index contributed by atoms with van der Waals surface area (Å²) < 4.78 is 5.64. The molecular formula is C25H26Cl2N2O8S. The average molecular weight is 585 g/mol. The number of amides is 1. The van der Waals surface area contributed by atoms with Crippen LogP contribution in [0.5, 0.6) is 5.75 Å². The van der Waals surface area contributed by atoms with Crippen molar-refractivity contribution >= 4 is 64.1 Å². The van der Waals surface area contributed by atoms with Gasteiger partial charge in [-0.2, -0.15) is 0 Å². The lowest BCUT2D eigenvalue weighted by molar-refractivity contribution is -0.149. The van der Waals surface area contributed by atoms with E-state index in [-0.39, 0.29) is 38.8 Å². The molecule has 1 aliphatic heterocycles. The van der Waals surface area contributed by atoms with Crippen molar-refractivity contribution in [2.45, 2.75) is 44.4 Å². The number of carboxylic acid groups (broad SMARTS) is 3. The zero-order valence-corrected chi connectivity index (χ0v) is 22.3. The maximum Gasteiger partial charge on any atom is 0.326 e. The Morgan fingerprint density at radius 3 is 2.16 bits per heavy atom. The van der Waals surface area contributed by atoms with Crippen molar-refractivity contribution in [1.29, 1.82) is 0 Å². The third-order valence-electron chi connectivity index (χ3n) is 5.44. The van der Waals surface area contributed by atoms with Crippen molar-refractivity contribution in [1.82, 2.24) is 4.90 Å². The van der Waals surface area contributed by atoms with E-state index in [0.717, 1.165) is 16.0 Å². The number of nitrogens with zero attached hydrogens (tertiary/aromatic N) is 1. The molecule has 0 spiro atoms. The molecule has 13 heteroatoms. The van der Waals surface area contributed by atoms with Gasteiger partial charge in [0.15, 0.2) is 0 Å². The van der Waals surface area contributed by atoms with Gasteiger partial charge >= 0.3 is 17.9 Å². The normalized spacial score (nSPS) is 15.3. The van der Waals surface area contributed by atoms with Crippen LogP contribution in [0.3, 0.4) is 0 Å². The number of rotatable bonds is 10. The van der Waals surface area contributed by atoms with Crippen LogP contribution in [0, 0.1) is 0 Å². The molecule has 0 bridgehead atoms. The van der Waals surface area contributed by atoms with E-state index < -0.39 is 35.9 Å². The van der Waals surface area contributed by atoms with E-state index in [1.165, 1.54) is 0 Å². The minimum atomic E-state index is -1.11. The molecule has 0 aliphatic carbocycles. The number of carbonyl (C=O) groups excluding carboxylic acids is 1. The monoisotopic (exact) mass is 584 g/mol. The third kappa shape index (κ3) is 9.56. The molecular weight excluding hydrogens is 559 g/mol. The van der Waals surface area contributed by atoms with Crippen LogP contribution in [0.1, 0.15) is 30.4 Å². The highest BCUT2D eigenvalue weighted by molar-refractivity contribution is 7.80. The molecule has 0 aromatic heterocycles. The van der Waals surface area contributed by atoms with Crippen LogP contribution in [0.15, 0.2) is 42.5 Å². The highest BCUT2D eigenvalue weighted by atomic mass is 35.5. The molecule has 1 fully saturated rings. The summed E-state index contributed by atoms with van der Waals surface area (Å²) in [6.45, 7) is 0.386. The Morgan fingerprint density at radius 1 is 1.03 bits per heavy atom. The van der Waals surface area contributed by atoms with Gasteiger partial charge in [-0.05, 0) is 36.2 Å². The number of carboxylic acids is 3. The van der Waals surface area contributed by atoms with Crippen molar-refractivity contribution in [3.8, 4) is 5.75 Å². The highest BCUT2D eigenvalue weighted by Gasteiger charge is 2.36. The first-order valence-electron chi connectivity index (χ1n) is 11.3. The van der Waals surface area contributed by atoms with Crippen LogP contribution in [0.25, 0.3) is 0 Å². The lowest BCUT2D eigenvalue weighted by atomic mass is 10.1. The van der Waals surface area contributed by atoms with Crippen molar-refractivity contribution in [2.24, 2.45) is 5.73 Å². The zero-order chi connectivity index (χ0) is 28.4. The Hall–Kier alpha value is -3.25. The Labute approximate surface area is 233 Å². The molecule has 1 heterocycles. The predicted molar refractivity (Wildman–Crippen MR) is 144 cm³/mol. The minimum absolute atomic E-state index is 0.130. The Kier molecular flexibility index (Phi) is 11.9. The van der Waals surface area contributed by atoms with Gasteiger partial charge in [0.05, 0.1) is 13.0 Å². The van der Waals surface area contributed by atoms with Gasteiger partial charge in [-0.1, -0.05) is 53.6 Å². The number of benzene rings is 2. The Balaban J connectivity index is 0.000000281. The standard InChI is InChI=1S/C16H15Cl2NO3.C9H11NO5S/c17-13-2-1-3-14(18)12(13)9-22-11-6-4-10(5-7-11)8-15(19)16(20)21;11-7(1-2-8(12)13)10-4-5(16)3-6(10)9(14)15/h1-7,15H,8-9,19H2,(H,20,21);6H,1-4H2,(H,12,13)(H,14,15)/t15-;6-/m00/s1. The summed E-state index contributed by atoms with van der Waals surface area (Å²) in [7, 11) is 0. The predicted octanol–water partition coefficient (Wildman–Crippen LogP) is 3.43. The number of ether oxygens (including phenoxy) is 1. The number of thiocarbonyl (C=S) groups is 1. The molecule has 3 rings (SSSR count). The molecule has 5 N–H and O–H groups in total. The first-order valence-corrected chi connectivity index (χ1v) is 12.4. The van der Waals surface area contributed by atoms with E-state index in [1.54, 1.807) is 42.5 Å². The van der Waals surface area contributed by atoms with E-state index in [2.05, 4.69) is 0 Å². The SMILES string of the molecule is N[C@@H](Cc1ccc(OCc2c(Cl)cccc2Cl)cc1)C(=O)O.O=C(O)CCC(=O)N1CC(=S)C[C@H]1C(=O)O. The van der Waals surface area contributed by atoms with E-state index >= 15 is 0 Å². The molecule has 1 amide bonds. The number of carbonyl (C=O) groups is 4. The van der Waals surface area contributed by atoms with Gasteiger partial charge in [0.1, 0.15) is 24.4 Å². The van der Waals surface area contributed by atoms with Gasteiger partial charge < -0.3 is 30.7 Å². The number of hydrogen-bond donors (Lipinski definition) is 4. The molecule has 1 aliphatic rings. The third-order valence-corrected chi connectivity index (χ3v) is 6.45. The summed E-state index contributed by atoms with van der Waals surface area (Å²) in [5.74, 6) is -3.04. The van der Waals surface area contributed by atoms with Gasteiger partial charge in [-0.25, -0.2) is 4.79 Å². The van der Waals surface area contributed by atoms with Crippen molar-refractivity contribution < 1.29 is 39.2 Å². The fourth-order valence-electron chi connectivity index (χ4n) is 3.42. The summed E-state index contributed by atoms with van der Waals surface area (Å²) in [5.41, 5.74) is 7.05. The minimum Gasteiger partial charge on any atom is -0.489 e. The van der Waals surface area contributed by atoms with Gasteiger partial charge in [0.2, 0.25) is 5.91 Å². The van der Waals surface area contributed by atoms with Crippen LogP contribution in [0.2, 0.25) is 10.0 Å². The van der Waals surface area contributed by atoms with E-state index in [1.807, 2.05) is 0 Å². The maximum atomic E-state index is 11.5. The van der Waals surface area contributed by atoms with Crippen LogP contribution in [0.4, 0.5) is 0 Å². The van der Waals surface area contributed by atoms with Gasteiger partial charge in [0, 0.05) is 33.3 Å². The van der Waals surface area contributed by atoms with Gasteiger partial charge in [0.25, 0.3) is 0 Å². The van der Waals surface area contributed by atoms with E-state index in [0.29, 0.717) is 20.7 Å². The van der Waals surface area contributed by atoms with E-state index in [9.17, 15) is 19.2 Å². The van der Waals surface area contributed by atoms with E-state index in [4.69, 9.17) is 61.2 Å². The molecule has 204 valence electrons. The van der Waals surface area contributed by atoms with Crippen molar-refractivity contribution in [2.75, 3.05) is 6.54 Å². The van der Waals surface area contributed by atoms with Crippen LogP contribution >= 0.6 is 35.4 Å². The Morgan fingerprint density at radius 2 is 1.63 bits per heavy atom. The number of hydrogen-bond acceptors (Lipinski definition) is 7. The first kappa shape index (κ1) is 31.0. The first-order chi connectivity index (χ1) is 17.9. The van der Waals surface area contributed by atoms with Crippen LogP contribution < -0.4 is 10.5 Å². The number of likely N-dealkylation sites (tertiary alicyclic amines) is 1. The quantitative estimate of drug-likeness (QED) is 0.303. The topological polar surface area (TPSA) is 167 Å². The summed E-state index contributed by atoms with van der Waals surface area (Å²) in [5, 5.41) is 27.2. The van der Waals surface area contributed by atoms with Crippen LogP contribution in [-0.2, 0) is 32.2 Å². The summed E-state index contributed by atoms with van der Waals surface area (Å²) in [4.78, 5) is 45.0. The van der Waals surface area contributed by atoms with Gasteiger partial charge in [-0.3, -0.25) is 14.4 Å². The maximum absolute atomic E-state index is 11.5. The number of halogens is 2. The summed E-state index contributed by atoms with van der Waals surface area (Å²) in [6.07, 6.45) is -0.0500.